The van der Waals surface area contributed by atoms with Crippen molar-refractivity contribution in [3.8, 4) is 5.69 Å². The summed E-state index contributed by atoms with van der Waals surface area (Å²) in [7, 11) is 0. The Morgan fingerprint density at radius 3 is 1.43 bits per heavy atom. The van der Waals surface area contributed by atoms with Crippen LogP contribution in [0.1, 0.15) is 129 Å². The minimum atomic E-state index is -0.459. The molecule has 0 fully saturated rings. The predicted molar refractivity (Wildman–Crippen MR) is 273 cm³/mol. The molecule has 63 heavy (non-hydrogen) atoms. The van der Waals surface area contributed by atoms with Gasteiger partial charge in [0.1, 0.15) is 0 Å². The minimum absolute atomic E-state index is 0.00940. The van der Waals surface area contributed by atoms with Crippen molar-refractivity contribution in [3.05, 3.63) is 185 Å². The zero-order valence-electron chi connectivity index (χ0n) is 39.8. The number of hydrogen-bond donors (Lipinski definition) is 0. The molecule has 2 aliphatic rings. The molecule has 0 saturated carbocycles. The zero-order chi connectivity index (χ0) is 44.6. The Kier molecular flexibility index (Phi) is 9.06. The van der Waals surface area contributed by atoms with Crippen LogP contribution in [0, 0.1) is 0 Å². The van der Waals surface area contributed by atoms with Crippen molar-refractivity contribution in [2.75, 3.05) is 4.90 Å². The van der Waals surface area contributed by atoms with Gasteiger partial charge in [0.2, 0.25) is 0 Å². The van der Waals surface area contributed by atoms with Crippen molar-refractivity contribution in [1.29, 1.82) is 0 Å². The van der Waals surface area contributed by atoms with Crippen LogP contribution in [-0.2, 0) is 27.1 Å². The number of fused-ring (bicyclic) bond motifs is 7. The molecule has 0 N–H and O–H groups in total. The van der Waals surface area contributed by atoms with Gasteiger partial charge in [-0.1, -0.05) is 180 Å². The first-order valence-corrected chi connectivity index (χ1v) is 23.1. The van der Waals surface area contributed by atoms with Gasteiger partial charge in [-0.25, -0.2) is 0 Å². The number of nitrogens with zero attached hydrogens (tertiary/aromatic N) is 2. The molecular formula is C60H63BN2. The van der Waals surface area contributed by atoms with Gasteiger partial charge in [-0.15, -0.1) is 0 Å². The van der Waals surface area contributed by atoms with Crippen molar-refractivity contribution in [3.63, 3.8) is 0 Å². The van der Waals surface area contributed by atoms with E-state index in [1.165, 1.54) is 99.9 Å². The lowest BCUT2D eigenvalue weighted by Crippen LogP contribution is -2.61. The highest BCUT2D eigenvalue weighted by atomic mass is 15.2. The van der Waals surface area contributed by atoms with Gasteiger partial charge < -0.3 is 9.47 Å². The lowest BCUT2D eigenvalue weighted by molar-refractivity contribution is 0.590. The van der Waals surface area contributed by atoms with E-state index in [0.717, 1.165) is 0 Å². The molecule has 2 aliphatic heterocycles. The monoisotopic (exact) mass is 823 g/mol. The van der Waals surface area contributed by atoms with Crippen molar-refractivity contribution < 1.29 is 0 Å². The van der Waals surface area contributed by atoms with Crippen LogP contribution in [-0.4, -0.2) is 11.3 Å². The van der Waals surface area contributed by atoms with Gasteiger partial charge in [-0.2, -0.15) is 0 Å². The second-order valence-electron chi connectivity index (χ2n) is 22.9. The van der Waals surface area contributed by atoms with E-state index in [2.05, 4.69) is 245 Å². The Morgan fingerprint density at radius 2 is 0.857 bits per heavy atom. The maximum atomic E-state index is 2.66. The van der Waals surface area contributed by atoms with Gasteiger partial charge in [0.25, 0.3) is 6.71 Å². The molecule has 3 heteroatoms. The molecule has 0 aliphatic carbocycles. The fraction of sp³-hybridized carbons (Fsp3) is 0.300. The van der Waals surface area contributed by atoms with Gasteiger partial charge in [0, 0.05) is 44.5 Å². The minimum Gasteiger partial charge on any atom is -0.311 e. The van der Waals surface area contributed by atoms with E-state index in [0.29, 0.717) is 0 Å². The molecule has 0 bridgehead atoms. The Morgan fingerprint density at radius 1 is 0.365 bits per heavy atom. The van der Waals surface area contributed by atoms with E-state index in [9.17, 15) is 0 Å². The molecule has 0 saturated heterocycles. The van der Waals surface area contributed by atoms with Crippen LogP contribution in [0.15, 0.2) is 146 Å². The number of rotatable bonds is 4. The molecule has 8 aromatic rings. The molecule has 0 amide bonds. The van der Waals surface area contributed by atoms with Gasteiger partial charge in [0.05, 0.1) is 5.52 Å². The summed E-state index contributed by atoms with van der Waals surface area (Å²) in [5.41, 5.74) is 20.5. The van der Waals surface area contributed by atoms with E-state index in [-0.39, 0.29) is 28.4 Å². The first-order chi connectivity index (χ1) is 29.7. The Balaban J connectivity index is 1.41. The summed E-state index contributed by atoms with van der Waals surface area (Å²) in [5.74, 6) is 0. The van der Waals surface area contributed by atoms with E-state index in [1.807, 2.05) is 0 Å². The maximum Gasteiger partial charge on any atom is 0.252 e. The first-order valence-electron chi connectivity index (χ1n) is 23.1. The summed E-state index contributed by atoms with van der Waals surface area (Å²) in [5, 5.41) is 2.67. The van der Waals surface area contributed by atoms with Crippen molar-refractivity contribution >= 4 is 62.0 Å². The van der Waals surface area contributed by atoms with E-state index >= 15 is 0 Å². The Labute approximate surface area is 377 Å². The SMILES string of the molecule is CC(C)(C)c1ccc(N2c3ccc(C(C)(C)C)cc3B3c4c2cc(C(C)(c2ccccc2)c2ccccc2)cc4-n2c4ccc(C(C)(C)C)cc4c4cc(C(C)(C)C)cc3c42)cc1. The molecular weight excluding hydrogens is 759 g/mol. The topological polar surface area (TPSA) is 8.17 Å². The summed E-state index contributed by atoms with van der Waals surface area (Å²) >= 11 is 0. The van der Waals surface area contributed by atoms with Gasteiger partial charge in [-0.3, -0.25) is 0 Å². The van der Waals surface area contributed by atoms with Crippen LogP contribution >= 0.6 is 0 Å². The summed E-state index contributed by atoms with van der Waals surface area (Å²) in [6.07, 6.45) is 0. The molecule has 0 unspecified atom stereocenters. The van der Waals surface area contributed by atoms with Gasteiger partial charge >= 0.3 is 0 Å². The quantitative estimate of drug-likeness (QED) is 0.127. The molecule has 10 rings (SSSR count). The van der Waals surface area contributed by atoms with Crippen LogP contribution < -0.4 is 21.3 Å². The van der Waals surface area contributed by atoms with Crippen LogP contribution in [0.4, 0.5) is 17.1 Å². The molecule has 0 radical (unpaired) electrons. The molecule has 2 nitrogen and oxygen atoms in total. The lowest BCUT2D eigenvalue weighted by atomic mass is 9.33. The van der Waals surface area contributed by atoms with E-state index < -0.39 is 5.41 Å². The second-order valence-corrected chi connectivity index (χ2v) is 22.9. The highest BCUT2D eigenvalue weighted by Crippen LogP contribution is 2.48. The summed E-state index contributed by atoms with van der Waals surface area (Å²) in [6.45, 7) is 30.6. The molecule has 0 atom stereocenters. The Bertz CT molecular complexity index is 3050. The first kappa shape index (κ1) is 41.2. The van der Waals surface area contributed by atoms with Gasteiger partial charge in [0.15, 0.2) is 0 Å². The highest BCUT2D eigenvalue weighted by molar-refractivity contribution is 7.00. The smallest absolute Gasteiger partial charge is 0.252 e. The summed E-state index contributed by atoms with van der Waals surface area (Å²) in [4.78, 5) is 2.60. The summed E-state index contributed by atoms with van der Waals surface area (Å²) < 4.78 is 2.66. The number of anilines is 3. The standard InChI is InChI=1S/C60H63BN2/c1-56(2,3)38-24-28-45(29-25-38)62-51-31-27-42(58(7,8)9)34-48(51)61-49-35-43(59(10,11)12)33-47-46-32-41(57(4,5)6)26-30-50(46)63(55(47)49)53-37-44(36-52(62)54(53)61)60(13,39-20-16-14-17-21-39)40-22-18-15-19-23-40/h14-37H,1-13H3. The highest BCUT2D eigenvalue weighted by Gasteiger charge is 2.45. The largest absolute Gasteiger partial charge is 0.311 e. The fourth-order valence-electron chi connectivity index (χ4n) is 10.6. The molecule has 3 heterocycles. The average molecular weight is 823 g/mol. The molecule has 1 aromatic heterocycles. The number of hydrogen-bond acceptors (Lipinski definition) is 1. The zero-order valence-corrected chi connectivity index (χ0v) is 39.8. The third kappa shape index (κ3) is 6.43. The van der Waals surface area contributed by atoms with Crippen molar-refractivity contribution in [1.82, 2.24) is 4.57 Å². The predicted octanol–water partition coefficient (Wildman–Crippen LogP) is 13.9. The second kappa shape index (κ2) is 13.9. The lowest BCUT2D eigenvalue weighted by Gasteiger charge is -2.43. The number of benzene rings is 7. The van der Waals surface area contributed by atoms with E-state index in [1.54, 1.807) is 0 Å². The third-order valence-corrected chi connectivity index (χ3v) is 14.6. The van der Waals surface area contributed by atoms with Crippen molar-refractivity contribution in [2.45, 2.75) is 117 Å². The average Bonchev–Trinajstić information content (AvgIpc) is 3.58. The van der Waals surface area contributed by atoms with Crippen LogP contribution in [0.25, 0.3) is 27.5 Å². The number of aromatic nitrogens is 1. The molecule has 0 spiro atoms. The van der Waals surface area contributed by atoms with E-state index in [4.69, 9.17) is 0 Å². The normalized spacial score (nSPS) is 14.0. The Hall–Kier alpha value is -5.80. The van der Waals surface area contributed by atoms with Crippen LogP contribution in [0.3, 0.4) is 0 Å². The van der Waals surface area contributed by atoms with Crippen LogP contribution in [0.5, 0.6) is 0 Å². The van der Waals surface area contributed by atoms with Crippen LogP contribution in [0.2, 0.25) is 0 Å². The molecule has 7 aromatic carbocycles. The third-order valence-electron chi connectivity index (χ3n) is 14.6. The maximum absolute atomic E-state index is 2.66. The van der Waals surface area contributed by atoms with Crippen molar-refractivity contribution in [2.24, 2.45) is 0 Å². The summed E-state index contributed by atoms with van der Waals surface area (Å²) in [6, 6.07) is 56.6. The molecule has 316 valence electrons. The fourth-order valence-corrected chi connectivity index (χ4v) is 10.6. The van der Waals surface area contributed by atoms with Gasteiger partial charge in [-0.05, 0) is 132 Å².